The van der Waals surface area contributed by atoms with Gasteiger partial charge < -0.3 is 9.84 Å². The fraction of sp³-hybridized carbons (Fsp3) is 0.594. The summed E-state index contributed by atoms with van der Waals surface area (Å²) in [7, 11) is 0. The van der Waals surface area contributed by atoms with E-state index >= 15 is 0 Å². The van der Waals surface area contributed by atoms with Crippen LogP contribution in [0.3, 0.4) is 0 Å². The minimum absolute atomic E-state index is 0.0610. The zero-order valence-corrected chi connectivity index (χ0v) is 23.8. The Hall–Kier alpha value is -2.69. The largest absolute Gasteiger partial charge is 0.481 e. The van der Waals surface area contributed by atoms with Crippen LogP contribution in [-0.4, -0.2) is 28.9 Å². The van der Waals surface area contributed by atoms with Gasteiger partial charge in [-0.1, -0.05) is 61.4 Å². The van der Waals surface area contributed by atoms with Gasteiger partial charge in [-0.15, -0.1) is 0 Å². The van der Waals surface area contributed by atoms with Gasteiger partial charge in [0.05, 0.1) is 0 Å². The van der Waals surface area contributed by atoms with E-state index in [1.165, 1.54) is 12.5 Å². The summed E-state index contributed by atoms with van der Waals surface area (Å²) >= 11 is 0. The summed E-state index contributed by atoms with van der Waals surface area (Å²) in [4.78, 5) is 37.9. The maximum Gasteiger partial charge on any atom is 0.313 e. The molecule has 6 atom stereocenters. The van der Waals surface area contributed by atoms with E-state index in [0.29, 0.717) is 19.3 Å². The number of Topliss-reactive ketones (excluding diaryl/α,β-unsaturated/α-hetero) is 1. The topological polar surface area (TPSA) is 80.7 Å². The Morgan fingerprint density at radius 1 is 0.919 bits per heavy atom. The van der Waals surface area contributed by atoms with E-state index in [2.05, 4.69) is 39.8 Å². The molecule has 3 saturated carbocycles. The lowest BCUT2D eigenvalue weighted by molar-refractivity contribution is -0.204. The van der Waals surface area contributed by atoms with Gasteiger partial charge in [-0.2, -0.15) is 0 Å². The second-order valence-electron chi connectivity index (χ2n) is 12.3. The molecule has 37 heavy (non-hydrogen) atoms. The van der Waals surface area contributed by atoms with Gasteiger partial charge in [0.1, 0.15) is 11.5 Å². The van der Waals surface area contributed by atoms with Crippen molar-refractivity contribution in [1.29, 1.82) is 0 Å². The lowest BCUT2D eigenvalue weighted by atomic mass is 9.42. The molecule has 0 amide bonds. The third kappa shape index (κ3) is 5.19. The number of rotatable bonds is 6. The third-order valence-corrected chi connectivity index (χ3v) is 9.55. The van der Waals surface area contributed by atoms with Gasteiger partial charge in [-0.25, -0.2) is 0 Å². The molecular formula is C32H44O5. The van der Waals surface area contributed by atoms with E-state index in [9.17, 15) is 19.5 Å². The minimum atomic E-state index is -1.17. The highest BCUT2D eigenvalue weighted by molar-refractivity contribution is 6.01. The molecule has 0 aliphatic heterocycles. The van der Waals surface area contributed by atoms with Gasteiger partial charge in [0.25, 0.3) is 0 Å². The van der Waals surface area contributed by atoms with Crippen LogP contribution in [0.2, 0.25) is 0 Å². The minimum Gasteiger partial charge on any atom is -0.481 e. The molecule has 0 spiro atoms. The van der Waals surface area contributed by atoms with Gasteiger partial charge in [0.15, 0.2) is 5.78 Å². The number of esters is 1. The van der Waals surface area contributed by atoms with Crippen molar-refractivity contribution in [3.63, 3.8) is 0 Å². The molecule has 0 aromatic heterocycles. The Balaban J connectivity index is 1.94. The van der Waals surface area contributed by atoms with Crippen molar-refractivity contribution in [3.8, 4) is 0 Å². The molecule has 3 aliphatic rings. The molecule has 1 N–H and O–H groups in total. The second kappa shape index (κ2) is 10.6. The highest BCUT2D eigenvalue weighted by Crippen LogP contribution is 2.69. The van der Waals surface area contributed by atoms with Crippen LogP contribution in [0, 0.1) is 28.1 Å². The summed E-state index contributed by atoms with van der Waals surface area (Å²) in [5.74, 6) is -1.29. The molecule has 202 valence electrons. The molecule has 5 nitrogen and oxygen atoms in total. The number of hydrogen-bond acceptors (Lipinski definition) is 4. The molecule has 3 fully saturated rings. The van der Waals surface area contributed by atoms with Gasteiger partial charge >= 0.3 is 11.9 Å². The Morgan fingerprint density at radius 3 is 2.16 bits per heavy atom. The molecule has 0 radical (unpaired) electrons. The summed E-state index contributed by atoms with van der Waals surface area (Å²) < 4.78 is 5.56. The van der Waals surface area contributed by atoms with E-state index in [4.69, 9.17) is 4.74 Å². The van der Waals surface area contributed by atoms with Gasteiger partial charge in [0.2, 0.25) is 0 Å². The maximum atomic E-state index is 13.5. The van der Waals surface area contributed by atoms with E-state index in [1.807, 2.05) is 38.2 Å². The van der Waals surface area contributed by atoms with Crippen molar-refractivity contribution in [2.75, 3.05) is 0 Å². The number of ether oxygens (including phenoxy) is 1. The first-order chi connectivity index (χ1) is 17.2. The number of carbonyl (C=O) groups is 3. The van der Waals surface area contributed by atoms with E-state index in [-0.39, 0.29) is 28.4 Å². The average molecular weight is 509 g/mol. The number of ketones is 1. The molecule has 3 aliphatic carbocycles. The van der Waals surface area contributed by atoms with Crippen molar-refractivity contribution in [2.24, 2.45) is 28.1 Å². The number of aliphatic carboxylic acids is 1. The first-order valence-electron chi connectivity index (χ1n) is 13.5. The quantitative estimate of drug-likeness (QED) is 0.234. The second-order valence-corrected chi connectivity index (χ2v) is 12.3. The zero-order valence-electron chi connectivity index (χ0n) is 23.8. The van der Waals surface area contributed by atoms with E-state index < -0.39 is 23.5 Å². The molecular weight excluding hydrogens is 464 g/mol. The molecule has 0 aromatic carbocycles. The van der Waals surface area contributed by atoms with Crippen LogP contribution < -0.4 is 0 Å². The first kappa shape index (κ1) is 28.9. The van der Waals surface area contributed by atoms with Crippen LogP contribution >= 0.6 is 0 Å². The first-order valence-corrected chi connectivity index (χ1v) is 13.5. The molecule has 5 heteroatoms. The smallest absolute Gasteiger partial charge is 0.313 e. The molecule has 3 rings (SSSR count). The highest BCUT2D eigenvalue weighted by Gasteiger charge is 2.68. The number of carboxylic acid groups (broad SMARTS) is 1. The van der Waals surface area contributed by atoms with Crippen molar-refractivity contribution in [1.82, 2.24) is 0 Å². The number of fused-ring (bicyclic) bond motifs is 3. The van der Waals surface area contributed by atoms with Crippen molar-refractivity contribution in [2.45, 2.75) is 93.6 Å². The lowest BCUT2D eigenvalue weighted by Crippen LogP contribution is -2.61. The normalized spacial score (nSPS) is 37.4. The summed E-state index contributed by atoms with van der Waals surface area (Å²) in [6.45, 7) is 15.7. The molecule has 0 unspecified atom stereocenters. The van der Waals surface area contributed by atoms with Crippen LogP contribution in [-0.2, 0) is 19.1 Å². The van der Waals surface area contributed by atoms with Crippen LogP contribution in [0.4, 0.5) is 0 Å². The fourth-order valence-electron chi connectivity index (χ4n) is 7.80. The number of allylic oxidation sites excluding steroid dienone is 10. The summed E-state index contributed by atoms with van der Waals surface area (Å²) in [5.41, 5.74) is 2.46. The maximum absolute atomic E-state index is 13.5. The fourth-order valence-corrected chi connectivity index (χ4v) is 7.80. The monoisotopic (exact) mass is 508 g/mol. The summed E-state index contributed by atoms with van der Waals surface area (Å²) in [5, 5.41) is 10.4. The predicted molar refractivity (Wildman–Crippen MR) is 147 cm³/mol. The van der Waals surface area contributed by atoms with Crippen molar-refractivity contribution >= 4 is 17.7 Å². The number of carboxylic acids is 1. The van der Waals surface area contributed by atoms with E-state index in [0.717, 1.165) is 29.6 Å². The third-order valence-electron chi connectivity index (χ3n) is 9.55. The Morgan fingerprint density at radius 2 is 1.57 bits per heavy atom. The predicted octanol–water partition coefficient (Wildman–Crippen LogP) is 7.16. The van der Waals surface area contributed by atoms with Gasteiger partial charge in [-0.3, -0.25) is 14.4 Å². The lowest BCUT2D eigenvalue weighted by Gasteiger charge is -2.61. The summed E-state index contributed by atoms with van der Waals surface area (Å²) in [6, 6.07) is 0. The number of carbonyl (C=O) groups excluding carboxylic acids is 2. The highest BCUT2D eigenvalue weighted by atomic mass is 16.5. The van der Waals surface area contributed by atoms with Gasteiger partial charge in [0, 0.05) is 24.3 Å². The average Bonchev–Trinajstić information content (AvgIpc) is 3.06. The van der Waals surface area contributed by atoms with Gasteiger partial charge in [-0.05, 0) is 83.1 Å². The Bertz CT molecular complexity index is 1110. The Kier molecular flexibility index (Phi) is 8.26. The van der Waals surface area contributed by atoms with Crippen molar-refractivity contribution in [3.05, 3.63) is 58.7 Å². The van der Waals surface area contributed by atoms with Crippen molar-refractivity contribution < 1.29 is 24.2 Å². The Labute approximate surface area is 222 Å². The van der Waals surface area contributed by atoms with Crippen LogP contribution in [0.25, 0.3) is 0 Å². The van der Waals surface area contributed by atoms with Crippen LogP contribution in [0.1, 0.15) is 87.5 Å². The van der Waals surface area contributed by atoms with E-state index in [1.54, 1.807) is 6.92 Å². The van der Waals surface area contributed by atoms with Crippen LogP contribution in [0.5, 0.6) is 0 Å². The molecule has 0 aromatic rings. The zero-order chi connectivity index (χ0) is 27.8. The standard InChI is InChI=1S/C32H44O5/c1-20(2)11-9-12-21(3)13-10-14-22(4)28-24(34)19-26-30(6)18-16-27(37-23(5)33)32(8,29(35)36)25(30)15-17-31(26,28)7/h9-14,25-27H,15-19H2,1-8H3,(H,35,36)/b12-9+,14-10+,21-13+,28-22+/t25-,26+,27-,30+,31+,32-/m1/s1. The van der Waals surface area contributed by atoms with Crippen LogP contribution in [0.15, 0.2) is 58.7 Å². The summed E-state index contributed by atoms with van der Waals surface area (Å²) in [6.07, 6.45) is 14.7. The number of hydrogen-bond donors (Lipinski definition) is 1. The SMILES string of the molecule is CC(=O)O[C@@H]1CC[C@@]2(C)[C@@H](CC[C@]3(C)/C(=C(C)/C=C/C=C(C)/C=C/C=C(C)C)C(=O)C[C@@H]23)[C@@]1(C)C(=O)O. The molecule has 0 saturated heterocycles. The molecule has 0 bridgehead atoms. The molecule has 0 heterocycles.